The lowest BCUT2D eigenvalue weighted by Crippen LogP contribution is -2.69. The van der Waals surface area contributed by atoms with Gasteiger partial charge in [0.05, 0.1) is 5.60 Å². The van der Waals surface area contributed by atoms with Crippen molar-refractivity contribution >= 4 is 29.9 Å². The Labute approximate surface area is 159 Å². The second-order valence-corrected chi connectivity index (χ2v) is 7.46. The van der Waals surface area contributed by atoms with Gasteiger partial charge in [0.25, 0.3) is 0 Å². The van der Waals surface area contributed by atoms with Crippen LogP contribution < -0.4 is 10.6 Å². The van der Waals surface area contributed by atoms with Crippen molar-refractivity contribution in [3.05, 3.63) is 0 Å². The van der Waals surface area contributed by atoms with E-state index in [2.05, 4.69) is 41.3 Å². The molecule has 1 aliphatic carbocycles. The van der Waals surface area contributed by atoms with Gasteiger partial charge >= 0.3 is 0 Å². The summed E-state index contributed by atoms with van der Waals surface area (Å²) >= 11 is 0. The van der Waals surface area contributed by atoms with Crippen molar-refractivity contribution in [1.29, 1.82) is 0 Å². The van der Waals surface area contributed by atoms with Crippen LogP contribution in [0.25, 0.3) is 0 Å². The first kappa shape index (κ1) is 21.0. The molecule has 136 valence electrons. The summed E-state index contributed by atoms with van der Waals surface area (Å²) in [5.41, 5.74) is 0.0591. The van der Waals surface area contributed by atoms with Crippen LogP contribution in [0.3, 0.4) is 0 Å². The third-order valence-electron chi connectivity index (χ3n) is 5.98. The molecule has 0 aromatic carbocycles. The molecule has 1 saturated heterocycles. The van der Waals surface area contributed by atoms with Gasteiger partial charge in [-0.3, -0.25) is 4.99 Å². The summed E-state index contributed by atoms with van der Waals surface area (Å²) in [5.74, 6) is 0.910. The first-order valence-electron chi connectivity index (χ1n) is 8.67. The second-order valence-electron chi connectivity index (χ2n) is 7.46. The normalized spacial score (nSPS) is 31.0. The molecule has 0 spiro atoms. The average molecular weight is 438 g/mol. The molecule has 1 saturated carbocycles. The van der Waals surface area contributed by atoms with Crippen molar-refractivity contribution in [2.45, 2.75) is 58.1 Å². The van der Waals surface area contributed by atoms with Gasteiger partial charge in [0, 0.05) is 38.7 Å². The second kappa shape index (κ2) is 8.85. The lowest BCUT2D eigenvalue weighted by Gasteiger charge is -2.59. The largest absolute Gasteiger partial charge is 0.378 e. The zero-order valence-electron chi connectivity index (χ0n) is 15.4. The van der Waals surface area contributed by atoms with Crippen molar-refractivity contribution in [2.75, 3.05) is 40.3 Å². The Morgan fingerprint density at radius 1 is 1.22 bits per heavy atom. The van der Waals surface area contributed by atoms with Crippen LogP contribution >= 0.6 is 24.0 Å². The number of hydrogen-bond donors (Lipinski definition) is 2. The minimum absolute atomic E-state index is 0. The number of nitrogens with one attached hydrogen (secondary N) is 2. The fraction of sp³-hybridized carbons (Fsp3) is 0.941. The minimum Gasteiger partial charge on any atom is -0.378 e. The molecule has 0 bridgehead atoms. The third kappa shape index (κ3) is 4.72. The van der Waals surface area contributed by atoms with E-state index in [-0.39, 0.29) is 35.0 Å². The Morgan fingerprint density at radius 2 is 1.87 bits per heavy atom. The van der Waals surface area contributed by atoms with Crippen LogP contribution in [0.4, 0.5) is 0 Å². The number of guanidine groups is 1. The molecule has 2 aliphatic rings. The number of aliphatic imine (C=N–C) groups is 1. The van der Waals surface area contributed by atoms with Crippen LogP contribution in [0.2, 0.25) is 0 Å². The standard InChI is InChI=1S/C17H34N4O.HI/c1-16(2)14(13-17(16,3)22-5)20-15(18-4)19-9-12-21-10-7-6-8-11-21;/h14H,6-13H2,1-5H3,(H2,18,19,20);1H. The van der Waals surface area contributed by atoms with Gasteiger partial charge < -0.3 is 20.3 Å². The Morgan fingerprint density at radius 3 is 2.39 bits per heavy atom. The van der Waals surface area contributed by atoms with E-state index in [1.807, 2.05) is 14.2 Å². The van der Waals surface area contributed by atoms with Crippen LogP contribution in [0, 0.1) is 5.41 Å². The molecule has 2 rings (SSSR count). The molecule has 0 aromatic rings. The maximum absolute atomic E-state index is 5.69. The summed E-state index contributed by atoms with van der Waals surface area (Å²) < 4.78 is 5.69. The summed E-state index contributed by atoms with van der Waals surface area (Å²) in [5, 5.41) is 7.02. The highest BCUT2D eigenvalue weighted by atomic mass is 127. The maximum Gasteiger partial charge on any atom is 0.191 e. The van der Waals surface area contributed by atoms with Crippen molar-refractivity contribution in [3.63, 3.8) is 0 Å². The maximum atomic E-state index is 5.69. The van der Waals surface area contributed by atoms with E-state index >= 15 is 0 Å². The molecule has 1 aliphatic heterocycles. The number of ether oxygens (including phenoxy) is 1. The van der Waals surface area contributed by atoms with Gasteiger partial charge in [0.2, 0.25) is 0 Å². The van der Waals surface area contributed by atoms with E-state index in [9.17, 15) is 0 Å². The quantitative estimate of drug-likeness (QED) is 0.394. The molecular weight excluding hydrogens is 403 g/mol. The monoisotopic (exact) mass is 438 g/mol. The van der Waals surface area contributed by atoms with Crippen molar-refractivity contribution in [1.82, 2.24) is 15.5 Å². The summed E-state index contributed by atoms with van der Waals surface area (Å²) in [7, 11) is 3.65. The summed E-state index contributed by atoms with van der Waals surface area (Å²) in [4.78, 5) is 6.91. The van der Waals surface area contributed by atoms with Crippen molar-refractivity contribution in [3.8, 4) is 0 Å². The number of methoxy groups -OCH3 is 1. The molecule has 0 amide bonds. The van der Waals surface area contributed by atoms with Gasteiger partial charge in [0.15, 0.2) is 5.96 Å². The fourth-order valence-electron chi connectivity index (χ4n) is 3.60. The van der Waals surface area contributed by atoms with Crippen molar-refractivity contribution < 1.29 is 4.74 Å². The predicted molar refractivity (Wildman–Crippen MR) is 108 cm³/mol. The highest BCUT2D eigenvalue weighted by Gasteiger charge is 2.58. The number of halogens is 1. The van der Waals surface area contributed by atoms with E-state index in [0.717, 1.165) is 25.5 Å². The van der Waals surface area contributed by atoms with Gasteiger partial charge in [-0.2, -0.15) is 0 Å². The molecule has 6 heteroatoms. The predicted octanol–water partition coefficient (Wildman–Crippen LogP) is 2.46. The smallest absolute Gasteiger partial charge is 0.191 e. The van der Waals surface area contributed by atoms with E-state index in [0.29, 0.717) is 6.04 Å². The SMILES string of the molecule is CN=C(NCCN1CCCCC1)NC1CC(C)(OC)C1(C)C.I. The van der Waals surface area contributed by atoms with Crippen LogP contribution in [-0.2, 0) is 4.74 Å². The molecule has 2 N–H and O–H groups in total. The Hall–Kier alpha value is -0.0800. The molecule has 1 heterocycles. The number of nitrogens with zero attached hydrogens (tertiary/aromatic N) is 2. The summed E-state index contributed by atoms with van der Waals surface area (Å²) in [6.45, 7) is 11.3. The molecule has 0 radical (unpaired) electrons. The van der Waals surface area contributed by atoms with E-state index in [1.54, 1.807) is 0 Å². The zero-order valence-corrected chi connectivity index (χ0v) is 17.8. The van der Waals surface area contributed by atoms with Gasteiger partial charge in [-0.25, -0.2) is 0 Å². The lowest BCUT2D eigenvalue weighted by molar-refractivity contribution is -0.176. The molecule has 0 aromatic heterocycles. The average Bonchev–Trinajstić information content (AvgIpc) is 2.53. The van der Waals surface area contributed by atoms with Gasteiger partial charge in [-0.1, -0.05) is 20.3 Å². The first-order chi connectivity index (χ1) is 10.4. The Balaban J connectivity index is 0.00000264. The minimum atomic E-state index is -0.0443. The van der Waals surface area contributed by atoms with Gasteiger partial charge in [-0.15, -0.1) is 24.0 Å². The summed E-state index contributed by atoms with van der Waals surface area (Å²) in [6, 6.07) is 0.402. The first-order valence-corrected chi connectivity index (χ1v) is 8.67. The van der Waals surface area contributed by atoms with Crippen LogP contribution in [0.5, 0.6) is 0 Å². The highest BCUT2D eigenvalue weighted by molar-refractivity contribution is 14.0. The fourth-order valence-corrected chi connectivity index (χ4v) is 3.60. The molecular formula is C17H35IN4O. The molecule has 2 atom stereocenters. The molecule has 5 nitrogen and oxygen atoms in total. The number of likely N-dealkylation sites (tertiary alicyclic amines) is 1. The summed E-state index contributed by atoms with van der Waals surface area (Å²) in [6.07, 6.45) is 5.10. The lowest BCUT2D eigenvalue weighted by atomic mass is 9.56. The van der Waals surface area contributed by atoms with Crippen LogP contribution in [-0.4, -0.2) is 62.8 Å². The highest BCUT2D eigenvalue weighted by Crippen LogP contribution is 2.51. The molecule has 2 unspecified atom stereocenters. The van der Waals surface area contributed by atoms with Crippen LogP contribution in [0.15, 0.2) is 4.99 Å². The Bertz CT molecular complexity index is 396. The van der Waals surface area contributed by atoms with Crippen molar-refractivity contribution in [2.24, 2.45) is 10.4 Å². The van der Waals surface area contributed by atoms with E-state index < -0.39 is 0 Å². The number of piperidine rings is 1. The van der Waals surface area contributed by atoms with E-state index in [4.69, 9.17) is 4.74 Å². The molecule has 2 fully saturated rings. The zero-order chi connectivity index (χ0) is 16.2. The van der Waals surface area contributed by atoms with Gasteiger partial charge in [0.1, 0.15) is 0 Å². The van der Waals surface area contributed by atoms with Crippen LogP contribution in [0.1, 0.15) is 46.5 Å². The topological polar surface area (TPSA) is 48.9 Å². The van der Waals surface area contributed by atoms with Gasteiger partial charge in [-0.05, 0) is 39.3 Å². The number of rotatable bonds is 5. The third-order valence-corrected chi connectivity index (χ3v) is 5.98. The van der Waals surface area contributed by atoms with E-state index in [1.165, 1.54) is 32.4 Å². The number of hydrogen-bond acceptors (Lipinski definition) is 3. The Kier molecular flexibility index (Phi) is 8.07. The molecule has 23 heavy (non-hydrogen) atoms.